The number of aliphatic hydroxyl groups excluding tert-OH is 1. The predicted octanol–water partition coefficient (Wildman–Crippen LogP) is -0.311. The molecule has 3 fully saturated rings. The van der Waals surface area contributed by atoms with Crippen LogP contribution in [0.25, 0.3) is 0 Å². The fourth-order valence-corrected chi connectivity index (χ4v) is 2.89. The first-order chi connectivity index (χ1) is 7.31. The van der Waals surface area contributed by atoms with Crippen LogP contribution < -0.4 is 0 Å². The van der Waals surface area contributed by atoms with Gasteiger partial charge in [0.2, 0.25) is 0 Å². The van der Waals surface area contributed by atoms with E-state index in [-0.39, 0.29) is 30.6 Å². The second-order valence-electron chi connectivity index (χ2n) is 4.46. The SMILES string of the molecule is O=C1O[C@@H](CO)[C@H]2ON3CCCC[C@@H]3[C@@H]12. The summed E-state index contributed by atoms with van der Waals surface area (Å²) < 4.78 is 5.09. The van der Waals surface area contributed by atoms with Crippen molar-refractivity contribution >= 4 is 5.97 Å². The van der Waals surface area contributed by atoms with E-state index < -0.39 is 6.10 Å². The Balaban J connectivity index is 1.84. The fraction of sp³-hybridized carbons (Fsp3) is 0.900. The highest BCUT2D eigenvalue weighted by atomic mass is 16.7. The molecular formula is C10H15NO4. The first kappa shape index (κ1) is 9.57. The quantitative estimate of drug-likeness (QED) is 0.605. The van der Waals surface area contributed by atoms with Crippen LogP contribution in [0.2, 0.25) is 0 Å². The van der Waals surface area contributed by atoms with Crippen molar-refractivity contribution in [3.8, 4) is 0 Å². The smallest absolute Gasteiger partial charge is 0.313 e. The van der Waals surface area contributed by atoms with E-state index in [9.17, 15) is 4.79 Å². The molecule has 5 nitrogen and oxygen atoms in total. The van der Waals surface area contributed by atoms with Crippen molar-refractivity contribution in [2.45, 2.75) is 37.5 Å². The summed E-state index contributed by atoms with van der Waals surface area (Å²) in [6.45, 7) is 0.747. The van der Waals surface area contributed by atoms with Gasteiger partial charge in [-0.15, -0.1) is 0 Å². The molecule has 0 radical (unpaired) electrons. The highest BCUT2D eigenvalue weighted by Crippen LogP contribution is 2.40. The molecule has 0 aromatic carbocycles. The molecule has 0 aromatic rings. The highest BCUT2D eigenvalue weighted by Gasteiger charge is 2.57. The molecule has 3 aliphatic rings. The Hall–Kier alpha value is -0.650. The largest absolute Gasteiger partial charge is 0.457 e. The third-order valence-corrected chi connectivity index (χ3v) is 3.61. The number of piperidine rings is 1. The molecule has 0 saturated carbocycles. The Morgan fingerprint density at radius 1 is 1.47 bits per heavy atom. The average molecular weight is 213 g/mol. The van der Waals surface area contributed by atoms with Crippen molar-refractivity contribution in [1.82, 2.24) is 5.06 Å². The Morgan fingerprint density at radius 2 is 2.33 bits per heavy atom. The third-order valence-electron chi connectivity index (χ3n) is 3.61. The number of fused-ring (bicyclic) bond motifs is 3. The molecule has 5 heteroatoms. The van der Waals surface area contributed by atoms with Crippen LogP contribution in [0.5, 0.6) is 0 Å². The van der Waals surface area contributed by atoms with Gasteiger partial charge in [0.05, 0.1) is 12.6 Å². The topological polar surface area (TPSA) is 59.0 Å². The maximum absolute atomic E-state index is 11.6. The van der Waals surface area contributed by atoms with Gasteiger partial charge < -0.3 is 9.84 Å². The van der Waals surface area contributed by atoms with Crippen molar-refractivity contribution in [2.24, 2.45) is 5.92 Å². The van der Waals surface area contributed by atoms with E-state index in [2.05, 4.69) is 0 Å². The minimum Gasteiger partial charge on any atom is -0.457 e. The zero-order chi connectivity index (χ0) is 10.4. The zero-order valence-corrected chi connectivity index (χ0v) is 8.46. The van der Waals surface area contributed by atoms with E-state index in [1.54, 1.807) is 0 Å². The molecule has 3 rings (SSSR count). The van der Waals surface area contributed by atoms with Gasteiger partial charge in [-0.05, 0) is 12.8 Å². The number of aliphatic hydroxyl groups is 1. The Kier molecular flexibility index (Phi) is 2.19. The number of hydrogen-bond acceptors (Lipinski definition) is 5. The van der Waals surface area contributed by atoms with Crippen LogP contribution in [0.4, 0.5) is 0 Å². The number of nitrogens with zero attached hydrogens (tertiary/aromatic N) is 1. The number of carbonyl (C=O) groups is 1. The minimum atomic E-state index is -0.465. The first-order valence-corrected chi connectivity index (χ1v) is 5.56. The van der Waals surface area contributed by atoms with Crippen molar-refractivity contribution in [1.29, 1.82) is 0 Å². The van der Waals surface area contributed by atoms with E-state index in [0.717, 1.165) is 25.8 Å². The summed E-state index contributed by atoms with van der Waals surface area (Å²) in [6.07, 6.45) is 2.53. The van der Waals surface area contributed by atoms with Crippen molar-refractivity contribution in [3.63, 3.8) is 0 Å². The van der Waals surface area contributed by atoms with Gasteiger partial charge in [-0.2, -0.15) is 5.06 Å². The molecule has 0 spiro atoms. The molecule has 0 aromatic heterocycles. The summed E-state index contributed by atoms with van der Waals surface area (Å²) >= 11 is 0. The molecule has 0 bridgehead atoms. The van der Waals surface area contributed by atoms with E-state index in [1.807, 2.05) is 5.06 Å². The van der Waals surface area contributed by atoms with E-state index in [0.29, 0.717) is 0 Å². The number of carbonyl (C=O) groups excluding carboxylic acids is 1. The number of ether oxygens (including phenoxy) is 1. The van der Waals surface area contributed by atoms with Crippen LogP contribution in [0, 0.1) is 5.92 Å². The second kappa shape index (κ2) is 3.43. The van der Waals surface area contributed by atoms with Gasteiger partial charge in [0, 0.05) is 6.54 Å². The zero-order valence-electron chi connectivity index (χ0n) is 8.46. The maximum Gasteiger partial charge on any atom is 0.313 e. The first-order valence-electron chi connectivity index (χ1n) is 5.56. The van der Waals surface area contributed by atoms with Crippen LogP contribution in [-0.2, 0) is 14.4 Å². The molecule has 3 saturated heterocycles. The van der Waals surface area contributed by atoms with Gasteiger partial charge in [-0.3, -0.25) is 9.63 Å². The summed E-state index contributed by atoms with van der Waals surface area (Å²) in [7, 11) is 0. The third kappa shape index (κ3) is 1.30. The Morgan fingerprint density at radius 3 is 3.13 bits per heavy atom. The number of hydroxylamine groups is 2. The fourth-order valence-electron chi connectivity index (χ4n) is 2.89. The normalized spacial score (nSPS) is 45.0. The summed E-state index contributed by atoms with van der Waals surface area (Å²) in [5.74, 6) is -0.379. The number of esters is 1. The van der Waals surface area contributed by atoms with Crippen LogP contribution in [-0.4, -0.2) is 47.5 Å². The minimum absolute atomic E-state index is 0.145. The Labute approximate surface area is 87.9 Å². The standard InChI is InChI=1S/C10H15NO4/c12-5-7-9-8(10(13)14-7)6-3-1-2-4-11(6)15-9/h6-9,12H,1-5H2/t6-,7+,8-,9-/m1/s1. The van der Waals surface area contributed by atoms with Gasteiger partial charge in [0.1, 0.15) is 12.0 Å². The lowest BCUT2D eigenvalue weighted by atomic mass is 9.89. The molecule has 1 N–H and O–H groups in total. The molecular weight excluding hydrogens is 198 g/mol. The summed E-state index contributed by atoms with van der Waals surface area (Å²) in [5, 5.41) is 11.0. The van der Waals surface area contributed by atoms with Gasteiger partial charge in [-0.1, -0.05) is 6.42 Å². The average Bonchev–Trinajstić information content (AvgIpc) is 2.76. The van der Waals surface area contributed by atoms with Gasteiger partial charge in [-0.25, -0.2) is 0 Å². The van der Waals surface area contributed by atoms with Crippen molar-refractivity contribution < 1.29 is 19.5 Å². The molecule has 84 valence electrons. The number of rotatable bonds is 1. The van der Waals surface area contributed by atoms with Crippen molar-refractivity contribution in [3.05, 3.63) is 0 Å². The van der Waals surface area contributed by atoms with E-state index in [1.165, 1.54) is 0 Å². The monoisotopic (exact) mass is 213 g/mol. The van der Waals surface area contributed by atoms with Gasteiger partial charge >= 0.3 is 5.97 Å². The van der Waals surface area contributed by atoms with E-state index >= 15 is 0 Å². The molecule has 0 amide bonds. The highest BCUT2D eigenvalue weighted by molar-refractivity contribution is 5.77. The summed E-state index contributed by atoms with van der Waals surface area (Å²) in [5.41, 5.74) is 0. The second-order valence-corrected chi connectivity index (χ2v) is 4.46. The Bertz CT molecular complexity index is 283. The van der Waals surface area contributed by atoms with Crippen molar-refractivity contribution in [2.75, 3.05) is 13.2 Å². The molecule has 3 heterocycles. The van der Waals surface area contributed by atoms with Crippen LogP contribution in [0.3, 0.4) is 0 Å². The lowest BCUT2D eigenvalue weighted by Crippen LogP contribution is -2.38. The van der Waals surface area contributed by atoms with E-state index in [4.69, 9.17) is 14.7 Å². The molecule has 3 aliphatic heterocycles. The predicted molar refractivity (Wildman–Crippen MR) is 49.7 cm³/mol. The summed E-state index contributed by atoms with van der Waals surface area (Å²) in [6, 6.07) is 0.174. The van der Waals surface area contributed by atoms with Gasteiger partial charge in [0.15, 0.2) is 6.10 Å². The number of hydrogen-bond donors (Lipinski definition) is 1. The molecule has 0 unspecified atom stereocenters. The molecule has 0 aliphatic carbocycles. The van der Waals surface area contributed by atoms with Gasteiger partial charge in [0.25, 0.3) is 0 Å². The molecule has 15 heavy (non-hydrogen) atoms. The lowest BCUT2D eigenvalue weighted by Gasteiger charge is -2.29. The number of cyclic esters (lactones) is 1. The van der Waals surface area contributed by atoms with Crippen LogP contribution >= 0.6 is 0 Å². The summed E-state index contributed by atoms with van der Waals surface area (Å²) in [4.78, 5) is 17.3. The maximum atomic E-state index is 11.6. The lowest BCUT2D eigenvalue weighted by molar-refractivity contribution is -0.198. The van der Waals surface area contributed by atoms with Crippen LogP contribution in [0.15, 0.2) is 0 Å². The molecule has 4 atom stereocenters. The van der Waals surface area contributed by atoms with Crippen LogP contribution in [0.1, 0.15) is 19.3 Å².